The first-order valence-electron chi connectivity index (χ1n) is 6.36. The van der Waals surface area contributed by atoms with E-state index >= 15 is 0 Å². The Hall–Kier alpha value is -1.76. The number of aliphatic hydroxyl groups is 1. The number of hydrogen-bond donors (Lipinski definition) is 2. The van der Waals surface area contributed by atoms with Gasteiger partial charge >= 0.3 is 0 Å². The Labute approximate surface area is 116 Å². The summed E-state index contributed by atoms with van der Waals surface area (Å²) in [6.45, 7) is 1.10. The number of aliphatic hydroxyl groups excluding tert-OH is 1. The summed E-state index contributed by atoms with van der Waals surface area (Å²) in [5, 5.41) is 11.6. The first kappa shape index (κ1) is 16.3. The molecule has 0 spiro atoms. The third kappa shape index (κ3) is 5.48. The Morgan fingerprint density at radius 1 is 1.50 bits per heavy atom. The van der Waals surface area contributed by atoms with Crippen LogP contribution in [0.15, 0.2) is 18.2 Å². The molecule has 7 heteroatoms. The number of carbonyl (C=O) groups is 1. The average molecular weight is 288 g/mol. The van der Waals surface area contributed by atoms with Gasteiger partial charge in [-0.2, -0.15) is 0 Å². The first-order valence-corrected chi connectivity index (χ1v) is 6.36. The fraction of sp³-hybridized carbons (Fsp3) is 0.538. The topological polar surface area (TPSA) is 71.5 Å². The van der Waals surface area contributed by atoms with Gasteiger partial charge in [0.15, 0.2) is 6.61 Å². The van der Waals surface area contributed by atoms with Crippen LogP contribution in [0.5, 0.6) is 5.88 Å². The fourth-order valence-corrected chi connectivity index (χ4v) is 1.56. The molecule has 0 saturated heterocycles. The summed E-state index contributed by atoms with van der Waals surface area (Å²) in [7, 11) is 0. The van der Waals surface area contributed by atoms with Gasteiger partial charge in [0.2, 0.25) is 5.88 Å². The Morgan fingerprint density at radius 3 is 2.85 bits per heavy atom. The van der Waals surface area contributed by atoms with Crippen molar-refractivity contribution in [1.29, 1.82) is 0 Å². The Balaban J connectivity index is 2.65. The number of nitrogens with zero attached hydrogens (tertiary/aromatic N) is 1. The summed E-state index contributed by atoms with van der Waals surface area (Å²) in [5.74, 6) is -0.444. The van der Waals surface area contributed by atoms with Gasteiger partial charge in [-0.25, -0.2) is 13.8 Å². The molecule has 1 atom stereocenters. The van der Waals surface area contributed by atoms with Crippen molar-refractivity contribution in [3.8, 4) is 5.88 Å². The maximum atomic E-state index is 12.0. The molecule has 5 nitrogen and oxygen atoms in total. The smallest absolute Gasteiger partial charge is 0.272 e. The van der Waals surface area contributed by atoms with E-state index < -0.39 is 18.9 Å². The van der Waals surface area contributed by atoms with Gasteiger partial charge in [0, 0.05) is 18.7 Å². The number of ether oxygens (including phenoxy) is 1. The summed E-state index contributed by atoms with van der Waals surface area (Å²) in [5.41, 5.74) is 0.0909. The Kier molecular flexibility index (Phi) is 6.86. The summed E-state index contributed by atoms with van der Waals surface area (Å²) < 4.78 is 28.8. The van der Waals surface area contributed by atoms with E-state index in [1.165, 1.54) is 18.2 Å². The van der Waals surface area contributed by atoms with Crippen molar-refractivity contribution >= 4 is 5.91 Å². The minimum atomic E-state index is -2.59. The molecule has 2 N–H and O–H groups in total. The van der Waals surface area contributed by atoms with Crippen LogP contribution in [0.3, 0.4) is 0 Å². The van der Waals surface area contributed by atoms with Gasteiger partial charge in [-0.1, -0.05) is 13.0 Å². The maximum absolute atomic E-state index is 12.0. The third-order valence-corrected chi connectivity index (χ3v) is 2.62. The molecule has 1 rings (SSSR count). The first-order chi connectivity index (χ1) is 9.56. The van der Waals surface area contributed by atoms with Gasteiger partial charge in [-0.05, 0) is 18.9 Å². The molecule has 112 valence electrons. The van der Waals surface area contributed by atoms with Gasteiger partial charge < -0.3 is 15.2 Å². The molecule has 1 amide bonds. The third-order valence-electron chi connectivity index (χ3n) is 2.62. The summed E-state index contributed by atoms with van der Waals surface area (Å²) in [6.07, 6.45) is -1.47. The highest BCUT2D eigenvalue weighted by molar-refractivity contribution is 5.92. The molecule has 1 unspecified atom stereocenters. The molecule has 0 aliphatic carbocycles. The van der Waals surface area contributed by atoms with E-state index in [0.717, 1.165) is 0 Å². The number of amides is 1. The number of halogens is 2. The maximum Gasteiger partial charge on any atom is 0.272 e. The molecule has 0 aliphatic rings. The highest BCUT2D eigenvalue weighted by Gasteiger charge is 2.14. The van der Waals surface area contributed by atoms with Crippen LogP contribution in [0, 0.1) is 0 Å². The lowest BCUT2D eigenvalue weighted by Gasteiger charge is -2.15. The van der Waals surface area contributed by atoms with Crippen LogP contribution in [-0.4, -0.2) is 41.7 Å². The standard InChI is InChI=1S/C13H18F2N2O3/c1-2-9(6-7-18)16-13(19)10-4-3-5-12(17-10)20-8-11(14)15/h3-5,9,11,18H,2,6-8H2,1H3,(H,16,19). The molecule has 0 bridgehead atoms. The number of nitrogens with one attached hydrogen (secondary N) is 1. The van der Waals surface area contributed by atoms with Crippen molar-refractivity contribution < 1.29 is 23.4 Å². The normalized spacial score (nSPS) is 12.2. The lowest BCUT2D eigenvalue weighted by molar-refractivity contribution is 0.0792. The molecule has 1 aromatic rings. The van der Waals surface area contributed by atoms with E-state index in [1.807, 2.05) is 6.92 Å². The predicted octanol–water partition coefficient (Wildman–Crippen LogP) is 1.62. The lowest BCUT2D eigenvalue weighted by Crippen LogP contribution is -2.35. The number of hydrogen-bond acceptors (Lipinski definition) is 4. The second-order valence-electron chi connectivity index (χ2n) is 4.15. The number of pyridine rings is 1. The zero-order valence-electron chi connectivity index (χ0n) is 11.2. The molecule has 20 heavy (non-hydrogen) atoms. The zero-order valence-corrected chi connectivity index (χ0v) is 11.2. The highest BCUT2D eigenvalue weighted by Crippen LogP contribution is 2.09. The zero-order chi connectivity index (χ0) is 15.0. The van der Waals surface area contributed by atoms with E-state index in [9.17, 15) is 13.6 Å². The molecule has 0 radical (unpaired) electrons. The van der Waals surface area contributed by atoms with E-state index in [4.69, 9.17) is 9.84 Å². The van der Waals surface area contributed by atoms with Crippen molar-refractivity contribution in [2.45, 2.75) is 32.2 Å². The molecule has 0 fully saturated rings. The number of alkyl halides is 2. The molecule has 1 heterocycles. The number of aromatic nitrogens is 1. The monoisotopic (exact) mass is 288 g/mol. The van der Waals surface area contributed by atoms with Crippen molar-refractivity contribution in [2.75, 3.05) is 13.2 Å². The van der Waals surface area contributed by atoms with Crippen LogP contribution < -0.4 is 10.1 Å². The molecule has 0 aromatic carbocycles. The minimum absolute atomic E-state index is 0.0202. The molecular weight excluding hydrogens is 270 g/mol. The van der Waals surface area contributed by atoms with Crippen LogP contribution in [0.2, 0.25) is 0 Å². The molecular formula is C13H18F2N2O3. The van der Waals surface area contributed by atoms with Crippen LogP contribution >= 0.6 is 0 Å². The Bertz CT molecular complexity index is 430. The molecule has 1 aromatic heterocycles. The number of carbonyl (C=O) groups excluding carboxylic acids is 1. The SMILES string of the molecule is CCC(CCO)NC(=O)c1cccc(OCC(F)F)n1. The van der Waals surface area contributed by atoms with Gasteiger partial charge in [0.25, 0.3) is 12.3 Å². The van der Waals surface area contributed by atoms with E-state index in [2.05, 4.69) is 10.3 Å². The van der Waals surface area contributed by atoms with E-state index in [1.54, 1.807) is 0 Å². The van der Waals surface area contributed by atoms with E-state index in [-0.39, 0.29) is 24.2 Å². The van der Waals surface area contributed by atoms with Gasteiger partial charge in [0.05, 0.1) is 0 Å². The van der Waals surface area contributed by atoms with Crippen molar-refractivity contribution in [1.82, 2.24) is 10.3 Å². The largest absolute Gasteiger partial charge is 0.472 e. The summed E-state index contributed by atoms with van der Waals surface area (Å²) in [4.78, 5) is 15.8. The Morgan fingerprint density at radius 2 is 2.25 bits per heavy atom. The van der Waals surface area contributed by atoms with Gasteiger partial charge in [0.1, 0.15) is 5.69 Å². The van der Waals surface area contributed by atoms with Crippen LogP contribution in [0.1, 0.15) is 30.3 Å². The second-order valence-corrected chi connectivity index (χ2v) is 4.15. The molecule has 0 saturated carbocycles. The van der Waals surface area contributed by atoms with Crippen molar-refractivity contribution in [2.24, 2.45) is 0 Å². The van der Waals surface area contributed by atoms with Crippen molar-refractivity contribution in [3.63, 3.8) is 0 Å². The average Bonchev–Trinajstić information content (AvgIpc) is 2.44. The quantitative estimate of drug-likeness (QED) is 0.762. The summed E-state index contributed by atoms with van der Waals surface area (Å²) in [6, 6.07) is 4.23. The minimum Gasteiger partial charge on any atom is -0.472 e. The lowest BCUT2D eigenvalue weighted by atomic mass is 10.1. The van der Waals surface area contributed by atoms with E-state index in [0.29, 0.717) is 12.8 Å². The van der Waals surface area contributed by atoms with Crippen LogP contribution in [0.4, 0.5) is 8.78 Å². The summed E-state index contributed by atoms with van der Waals surface area (Å²) >= 11 is 0. The fourth-order valence-electron chi connectivity index (χ4n) is 1.56. The second kappa shape index (κ2) is 8.42. The van der Waals surface area contributed by atoms with Gasteiger partial charge in [-0.15, -0.1) is 0 Å². The highest BCUT2D eigenvalue weighted by atomic mass is 19.3. The van der Waals surface area contributed by atoms with Crippen molar-refractivity contribution in [3.05, 3.63) is 23.9 Å². The van der Waals surface area contributed by atoms with Crippen LogP contribution in [0.25, 0.3) is 0 Å². The van der Waals surface area contributed by atoms with Gasteiger partial charge in [-0.3, -0.25) is 4.79 Å². The number of rotatable bonds is 8. The van der Waals surface area contributed by atoms with Crippen LogP contribution in [-0.2, 0) is 0 Å². The molecule has 0 aliphatic heterocycles. The predicted molar refractivity (Wildman–Crippen MR) is 69.0 cm³/mol.